The Hall–Kier alpha value is -5.50. The van der Waals surface area contributed by atoms with Crippen molar-refractivity contribution in [2.75, 3.05) is 0 Å². The van der Waals surface area contributed by atoms with E-state index in [1.807, 2.05) is 60.7 Å². The van der Waals surface area contributed by atoms with Gasteiger partial charge in [0.05, 0.1) is 6.07 Å². The molecule has 3 aromatic carbocycles. The van der Waals surface area contributed by atoms with Gasteiger partial charge in [0.25, 0.3) is 11.5 Å². The third kappa shape index (κ3) is 7.17. The molecule has 47 heavy (non-hydrogen) atoms. The second-order valence-corrected chi connectivity index (χ2v) is 12.0. The number of carbonyl (C=O) groups excluding carboxylic acids is 2. The quantitative estimate of drug-likeness (QED) is 0.246. The summed E-state index contributed by atoms with van der Waals surface area (Å²) in [7, 11) is 0. The lowest BCUT2D eigenvalue weighted by molar-refractivity contribution is 0.0932. The Morgan fingerprint density at radius 1 is 0.957 bits per heavy atom. The van der Waals surface area contributed by atoms with Crippen LogP contribution in [-0.2, 0) is 36.5 Å². The maximum atomic E-state index is 14.2. The van der Waals surface area contributed by atoms with Gasteiger partial charge in [0.2, 0.25) is 5.75 Å². The van der Waals surface area contributed by atoms with Crippen LogP contribution in [0.15, 0.2) is 89.7 Å². The van der Waals surface area contributed by atoms with Gasteiger partial charge in [-0.05, 0) is 60.4 Å². The predicted molar refractivity (Wildman–Crippen MR) is 170 cm³/mol. The standard InChI is InChI=1S/C36H34FN5O5/c37-28-13-11-24(12-14-28)19-29(20-38)39-32(43)30-31(46-22-26-7-3-1-4-8-26)33(44)42-21-25-15-17-36(18-16-25,34(42)40-30)41-35(45)47-23-27-9-5-2-6-10-27/h1-14,25,29H,15-19,21-23H2,(H,39,43)(H,41,45). The smallest absolute Gasteiger partial charge is 0.408 e. The highest BCUT2D eigenvalue weighted by Gasteiger charge is 2.46. The lowest BCUT2D eigenvalue weighted by Crippen LogP contribution is -2.50. The highest BCUT2D eigenvalue weighted by molar-refractivity contribution is 5.95. The van der Waals surface area contributed by atoms with E-state index in [4.69, 9.17) is 14.5 Å². The molecule has 0 spiro atoms. The van der Waals surface area contributed by atoms with Crippen molar-refractivity contribution in [3.05, 3.63) is 129 Å². The van der Waals surface area contributed by atoms with Crippen molar-refractivity contribution in [3.8, 4) is 11.8 Å². The van der Waals surface area contributed by atoms with Crippen LogP contribution in [0.1, 0.15) is 58.7 Å². The van der Waals surface area contributed by atoms with E-state index < -0.39 is 35.0 Å². The monoisotopic (exact) mass is 635 g/mol. The molecule has 1 fully saturated rings. The molecule has 1 saturated carbocycles. The molecule has 1 atom stereocenters. The Kier molecular flexibility index (Phi) is 9.29. The molecule has 0 radical (unpaired) electrons. The van der Waals surface area contributed by atoms with Crippen LogP contribution in [0.25, 0.3) is 0 Å². The zero-order valence-electron chi connectivity index (χ0n) is 25.7. The first kappa shape index (κ1) is 31.5. The average Bonchev–Trinajstić information content (AvgIpc) is 3.34. The van der Waals surface area contributed by atoms with Crippen LogP contribution in [0.4, 0.5) is 9.18 Å². The van der Waals surface area contributed by atoms with Crippen molar-refractivity contribution in [3.63, 3.8) is 0 Å². The molecule has 2 aliphatic heterocycles. The molecule has 3 heterocycles. The molecule has 1 unspecified atom stereocenters. The zero-order valence-corrected chi connectivity index (χ0v) is 25.7. The van der Waals surface area contributed by atoms with Crippen LogP contribution in [-0.4, -0.2) is 27.6 Å². The van der Waals surface area contributed by atoms with Gasteiger partial charge in [-0.2, -0.15) is 5.26 Å². The molecule has 11 heteroatoms. The Labute approximate surface area is 271 Å². The van der Waals surface area contributed by atoms with Gasteiger partial charge in [-0.1, -0.05) is 72.8 Å². The molecule has 1 aliphatic carbocycles. The molecule has 240 valence electrons. The number of rotatable bonds is 10. The minimum absolute atomic E-state index is 0.00722. The van der Waals surface area contributed by atoms with Crippen molar-refractivity contribution in [2.24, 2.45) is 5.92 Å². The van der Waals surface area contributed by atoms with Gasteiger partial charge in [0, 0.05) is 13.0 Å². The number of halogens is 1. The van der Waals surface area contributed by atoms with Crippen molar-refractivity contribution < 1.29 is 23.5 Å². The lowest BCUT2D eigenvalue weighted by Gasteiger charge is -2.36. The number of benzene rings is 3. The molecule has 2 amide bonds. The summed E-state index contributed by atoms with van der Waals surface area (Å²) < 4.78 is 26.5. The normalized spacial score (nSPS) is 18.6. The molecule has 0 saturated heterocycles. The van der Waals surface area contributed by atoms with E-state index in [1.54, 1.807) is 0 Å². The molecule has 1 aromatic heterocycles. The summed E-state index contributed by atoms with van der Waals surface area (Å²) in [5, 5.41) is 15.6. The minimum atomic E-state index is -1.06. The fourth-order valence-corrected chi connectivity index (χ4v) is 6.27. The van der Waals surface area contributed by atoms with E-state index in [0.29, 0.717) is 24.9 Å². The third-order valence-electron chi connectivity index (χ3n) is 8.76. The number of amides is 2. The van der Waals surface area contributed by atoms with Gasteiger partial charge in [-0.25, -0.2) is 14.2 Å². The Morgan fingerprint density at radius 2 is 1.60 bits per heavy atom. The van der Waals surface area contributed by atoms with E-state index in [9.17, 15) is 24.0 Å². The summed E-state index contributed by atoms with van der Waals surface area (Å²) in [5.41, 5.74) is 0.370. The summed E-state index contributed by atoms with van der Waals surface area (Å²) in [4.78, 5) is 46.1. The first-order valence-corrected chi connectivity index (χ1v) is 15.6. The largest absolute Gasteiger partial charge is 0.481 e. The topological polar surface area (TPSA) is 135 Å². The van der Waals surface area contributed by atoms with Gasteiger partial charge >= 0.3 is 6.09 Å². The van der Waals surface area contributed by atoms with Gasteiger partial charge in [-0.3, -0.25) is 14.2 Å². The van der Waals surface area contributed by atoms with Gasteiger partial charge in [0.15, 0.2) is 5.69 Å². The first-order valence-electron chi connectivity index (χ1n) is 15.6. The van der Waals surface area contributed by atoms with E-state index >= 15 is 0 Å². The van der Waals surface area contributed by atoms with Gasteiger partial charge < -0.3 is 20.1 Å². The van der Waals surface area contributed by atoms with Crippen LogP contribution in [0.3, 0.4) is 0 Å². The minimum Gasteiger partial charge on any atom is -0.481 e. The number of ether oxygens (including phenoxy) is 2. The first-order chi connectivity index (χ1) is 22.8. The van der Waals surface area contributed by atoms with Gasteiger partial charge in [-0.15, -0.1) is 0 Å². The third-order valence-corrected chi connectivity index (χ3v) is 8.76. The van der Waals surface area contributed by atoms with Crippen LogP contribution in [0, 0.1) is 23.1 Å². The average molecular weight is 636 g/mol. The van der Waals surface area contributed by atoms with Crippen LogP contribution >= 0.6 is 0 Å². The number of carbonyl (C=O) groups is 2. The summed E-state index contributed by atoms with van der Waals surface area (Å²) in [6.45, 7) is 0.432. The highest BCUT2D eigenvalue weighted by atomic mass is 19.1. The molecular weight excluding hydrogens is 601 g/mol. The molecule has 10 nitrogen and oxygen atoms in total. The number of nitrogens with zero attached hydrogens (tertiary/aromatic N) is 3. The second kappa shape index (κ2) is 13.9. The van der Waals surface area contributed by atoms with E-state index in [0.717, 1.165) is 24.0 Å². The predicted octanol–water partition coefficient (Wildman–Crippen LogP) is 5.15. The lowest BCUT2D eigenvalue weighted by atomic mass is 9.77. The summed E-state index contributed by atoms with van der Waals surface area (Å²) >= 11 is 0. The number of nitrogens with one attached hydrogen (secondary N) is 2. The Bertz CT molecular complexity index is 1830. The molecular formula is C36H34FN5O5. The fraction of sp³-hybridized carbons (Fsp3) is 0.306. The SMILES string of the molecule is N#CC(Cc1ccc(F)cc1)NC(=O)c1nc2n(c(=O)c1OCc1ccccc1)CC1CCC2(NC(=O)OCc2ccccc2)CC1. The summed E-state index contributed by atoms with van der Waals surface area (Å²) in [5.74, 6) is -1.00. The van der Waals surface area contributed by atoms with Crippen LogP contribution in [0.5, 0.6) is 5.75 Å². The van der Waals surface area contributed by atoms with Crippen LogP contribution in [0.2, 0.25) is 0 Å². The number of fused-ring (bicyclic) bond motifs is 2. The Balaban J connectivity index is 1.34. The van der Waals surface area contributed by atoms with Crippen molar-refractivity contribution in [1.29, 1.82) is 5.26 Å². The van der Waals surface area contributed by atoms with E-state index in [2.05, 4.69) is 16.7 Å². The van der Waals surface area contributed by atoms with E-state index in [-0.39, 0.29) is 42.8 Å². The molecule has 2 N–H and O–H groups in total. The van der Waals surface area contributed by atoms with Crippen molar-refractivity contribution in [1.82, 2.24) is 20.2 Å². The second-order valence-electron chi connectivity index (χ2n) is 12.0. The summed E-state index contributed by atoms with van der Waals surface area (Å²) in [6.07, 6.45) is 1.92. The number of hydrogen-bond donors (Lipinski definition) is 2. The number of alkyl carbamates (subject to hydrolysis) is 1. The van der Waals surface area contributed by atoms with Crippen LogP contribution < -0.4 is 20.9 Å². The zero-order chi connectivity index (χ0) is 32.8. The maximum absolute atomic E-state index is 14.2. The summed E-state index contributed by atoms with van der Waals surface area (Å²) in [6, 6.07) is 25.2. The number of nitriles is 1. The van der Waals surface area contributed by atoms with Gasteiger partial charge in [0.1, 0.15) is 36.4 Å². The molecule has 7 rings (SSSR count). The number of hydrogen-bond acceptors (Lipinski definition) is 7. The molecule has 3 aliphatic rings. The highest BCUT2D eigenvalue weighted by Crippen LogP contribution is 2.43. The van der Waals surface area contributed by atoms with Crippen molar-refractivity contribution >= 4 is 12.0 Å². The van der Waals surface area contributed by atoms with E-state index in [1.165, 1.54) is 28.8 Å². The van der Waals surface area contributed by atoms with Crippen molar-refractivity contribution in [2.45, 2.75) is 63.4 Å². The molecule has 2 bridgehead atoms. The molecule has 4 aromatic rings. The Morgan fingerprint density at radius 3 is 2.23 bits per heavy atom. The number of aromatic nitrogens is 2. The maximum Gasteiger partial charge on any atom is 0.408 e. The fourth-order valence-electron chi connectivity index (χ4n) is 6.27.